The first-order valence-electron chi connectivity index (χ1n) is 7.01. The van der Waals surface area contributed by atoms with Crippen LogP contribution in [0.25, 0.3) is 0 Å². The van der Waals surface area contributed by atoms with Crippen LogP contribution in [0.15, 0.2) is 24.3 Å². The second-order valence-corrected chi connectivity index (χ2v) is 5.72. The van der Waals surface area contributed by atoms with Crippen molar-refractivity contribution in [2.45, 2.75) is 25.8 Å². The molecule has 2 rings (SSSR count). The third-order valence-corrected chi connectivity index (χ3v) is 4.19. The number of anilines is 1. The number of amides is 1. The molecule has 1 aliphatic rings. The molecular weight excluding hydrogens is 327 g/mol. The van der Waals surface area contributed by atoms with Gasteiger partial charge in [0.2, 0.25) is 5.91 Å². The van der Waals surface area contributed by atoms with Crippen LogP contribution >= 0.6 is 24.0 Å². The van der Waals surface area contributed by atoms with Crippen molar-refractivity contribution in [3.63, 3.8) is 0 Å². The molecule has 22 heavy (non-hydrogen) atoms. The molecule has 2 atom stereocenters. The van der Waals surface area contributed by atoms with Gasteiger partial charge in [0.15, 0.2) is 0 Å². The first-order valence-corrected chi connectivity index (χ1v) is 7.39. The van der Waals surface area contributed by atoms with Crippen molar-refractivity contribution in [1.29, 1.82) is 0 Å². The Kier molecular flexibility index (Phi) is 7.13. The third kappa shape index (κ3) is 4.60. The number of hydrogen-bond donors (Lipinski definition) is 2. The Balaban J connectivity index is 0.00000242. The Bertz CT molecular complexity index is 539. The van der Waals surface area contributed by atoms with Crippen LogP contribution in [0.1, 0.15) is 19.8 Å². The smallest absolute Gasteiger partial charge is 0.307 e. The number of carboxylic acid groups (broad SMARTS) is 1. The molecule has 0 bridgehead atoms. The molecule has 2 N–H and O–H groups in total. The van der Waals surface area contributed by atoms with E-state index in [1.165, 1.54) is 0 Å². The van der Waals surface area contributed by atoms with Gasteiger partial charge in [0.05, 0.1) is 22.7 Å². The Morgan fingerprint density at radius 1 is 1.41 bits per heavy atom. The van der Waals surface area contributed by atoms with Gasteiger partial charge in [-0.25, -0.2) is 0 Å². The van der Waals surface area contributed by atoms with Crippen LogP contribution in [0.3, 0.4) is 0 Å². The zero-order valence-corrected chi connectivity index (χ0v) is 13.9. The maximum Gasteiger partial charge on any atom is 0.307 e. The Morgan fingerprint density at radius 3 is 2.73 bits per heavy atom. The molecule has 5 nitrogen and oxygen atoms in total. The third-order valence-electron chi connectivity index (χ3n) is 3.86. The van der Waals surface area contributed by atoms with Gasteiger partial charge in [-0.15, -0.1) is 12.4 Å². The topological polar surface area (TPSA) is 69.6 Å². The average Bonchev–Trinajstić information content (AvgIpc) is 2.49. The fourth-order valence-electron chi connectivity index (χ4n) is 2.53. The number of para-hydroxylation sites is 1. The molecule has 0 spiro atoms. The fraction of sp³-hybridized carbons (Fsp3) is 0.467. The standard InChI is InChI=1S/C15H19ClN2O3.ClH/c1-10(18-8-4-5-11(9-18)15(20)21)14(19)17-13-7-3-2-6-12(13)16;/h2-3,6-7,10-11H,4-5,8-9H2,1H3,(H,17,19)(H,20,21);1H. The van der Waals surface area contributed by atoms with Gasteiger partial charge in [-0.2, -0.15) is 0 Å². The lowest BCUT2D eigenvalue weighted by Gasteiger charge is -2.34. The quantitative estimate of drug-likeness (QED) is 0.879. The largest absolute Gasteiger partial charge is 0.481 e. The first kappa shape index (κ1) is 18.7. The van der Waals surface area contributed by atoms with E-state index in [1.807, 2.05) is 4.90 Å². The van der Waals surface area contributed by atoms with Crippen molar-refractivity contribution in [3.8, 4) is 0 Å². The number of aliphatic carboxylic acids is 1. The summed E-state index contributed by atoms with van der Waals surface area (Å²) in [6.45, 7) is 2.93. The number of carboxylic acids is 1. The molecule has 0 aromatic heterocycles. The number of rotatable bonds is 4. The minimum absolute atomic E-state index is 0. The minimum atomic E-state index is -0.793. The summed E-state index contributed by atoms with van der Waals surface area (Å²) < 4.78 is 0. The summed E-state index contributed by atoms with van der Waals surface area (Å²) in [5, 5.41) is 12.4. The average molecular weight is 347 g/mol. The van der Waals surface area contributed by atoms with E-state index in [2.05, 4.69) is 5.32 Å². The highest BCUT2D eigenvalue weighted by Crippen LogP contribution is 2.22. The van der Waals surface area contributed by atoms with Crippen LogP contribution in [-0.4, -0.2) is 41.0 Å². The van der Waals surface area contributed by atoms with Crippen molar-refractivity contribution in [1.82, 2.24) is 4.90 Å². The Labute approximate surface area is 141 Å². The van der Waals surface area contributed by atoms with Gasteiger partial charge in [-0.3, -0.25) is 14.5 Å². The Hall–Kier alpha value is -1.30. The molecule has 7 heteroatoms. The summed E-state index contributed by atoms with van der Waals surface area (Å²) in [6.07, 6.45) is 1.46. The molecule has 1 aromatic carbocycles. The fourth-order valence-corrected chi connectivity index (χ4v) is 2.71. The molecule has 1 fully saturated rings. The number of likely N-dealkylation sites (tertiary alicyclic amines) is 1. The van der Waals surface area contributed by atoms with E-state index in [1.54, 1.807) is 31.2 Å². The number of halogens is 2. The predicted molar refractivity (Wildman–Crippen MR) is 88.7 cm³/mol. The molecule has 0 saturated carbocycles. The van der Waals surface area contributed by atoms with Gasteiger partial charge < -0.3 is 10.4 Å². The molecule has 0 aliphatic carbocycles. The van der Waals surface area contributed by atoms with Crippen LogP contribution in [0.5, 0.6) is 0 Å². The van der Waals surface area contributed by atoms with Crippen molar-refractivity contribution < 1.29 is 14.7 Å². The molecule has 2 unspecified atom stereocenters. The van der Waals surface area contributed by atoms with Crippen LogP contribution in [-0.2, 0) is 9.59 Å². The molecular formula is C15H20Cl2N2O3. The van der Waals surface area contributed by atoms with Crippen LogP contribution in [0, 0.1) is 5.92 Å². The summed E-state index contributed by atoms with van der Waals surface area (Å²) in [5.41, 5.74) is 0.572. The number of benzene rings is 1. The van der Waals surface area contributed by atoms with Crippen LogP contribution in [0.2, 0.25) is 5.02 Å². The van der Waals surface area contributed by atoms with Gasteiger partial charge >= 0.3 is 5.97 Å². The number of piperidine rings is 1. The zero-order valence-electron chi connectivity index (χ0n) is 12.3. The molecule has 1 aromatic rings. The zero-order chi connectivity index (χ0) is 15.4. The van der Waals surface area contributed by atoms with Crippen molar-refractivity contribution in [2.24, 2.45) is 5.92 Å². The summed E-state index contributed by atoms with van der Waals surface area (Å²) in [7, 11) is 0. The molecule has 122 valence electrons. The van der Waals surface area contributed by atoms with Gasteiger partial charge in [0.25, 0.3) is 0 Å². The summed E-state index contributed by atoms with van der Waals surface area (Å²) >= 11 is 6.02. The lowest BCUT2D eigenvalue weighted by Crippen LogP contribution is -2.48. The van der Waals surface area contributed by atoms with E-state index in [0.29, 0.717) is 23.7 Å². The van der Waals surface area contributed by atoms with Gasteiger partial charge in [-0.1, -0.05) is 23.7 Å². The summed E-state index contributed by atoms with van der Waals surface area (Å²) in [4.78, 5) is 25.3. The van der Waals surface area contributed by atoms with E-state index in [4.69, 9.17) is 16.7 Å². The van der Waals surface area contributed by atoms with Gasteiger partial charge in [0.1, 0.15) is 0 Å². The molecule has 1 saturated heterocycles. The van der Waals surface area contributed by atoms with Crippen molar-refractivity contribution in [3.05, 3.63) is 29.3 Å². The van der Waals surface area contributed by atoms with E-state index in [-0.39, 0.29) is 24.4 Å². The number of hydrogen-bond acceptors (Lipinski definition) is 3. The van der Waals surface area contributed by atoms with Crippen LogP contribution in [0.4, 0.5) is 5.69 Å². The molecule has 1 aliphatic heterocycles. The summed E-state index contributed by atoms with van der Waals surface area (Å²) in [6, 6.07) is 6.66. The lowest BCUT2D eigenvalue weighted by molar-refractivity contribution is -0.144. The number of carbonyl (C=O) groups is 2. The highest BCUT2D eigenvalue weighted by molar-refractivity contribution is 6.33. The highest BCUT2D eigenvalue weighted by Gasteiger charge is 2.30. The van der Waals surface area contributed by atoms with E-state index < -0.39 is 11.9 Å². The second kappa shape index (κ2) is 8.36. The van der Waals surface area contributed by atoms with E-state index in [0.717, 1.165) is 13.0 Å². The number of nitrogens with zero attached hydrogens (tertiary/aromatic N) is 1. The highest BCUT2D eigenvalue weighted by atomic mass is 35.5. The van der Waals surface area contributed by atoms with E-state index >= 15 is 0 Å². The first-order chi connectivity index (χ1) is 9.99. The van der Waals surface area contributed by atoms with Gasteiger partial charge in [-0.05, 0) is 38.4 Å². The minimum Gasteiger partial charge on any atom is -0.481 e. The molecule has 1 amide bonds. The molecule has 0 radical (unpaired) electrons. The second-order valence-electron chi connectivity index (χ2n) is 5.32. The SMILES string of the molecule is CC(C(=O)Nc1ccccc1Cl)N1CCCC(C(=O)O)C1.Cl. The maximum absolute atomic E-state index is 12.3. The molecule has 1 heterocycles. The Morgan fingerprint density at radius 2 is 2.09 bits per heavy atom. The lowest BCUT2D eigenvalue weighted by atomic mass is 9.97. The van der Waals surface area contributed by atoms with Crippen molar-refractivity contribution >= 4 is 41.6 Å². The monoisotopic (exact) mass is 346 g/mol. The maximum atomic E-state index is 12.3. The normalized spacial score (nSPS) is 19.8. The predicted octanol–water partition coefficient (Wildman–Crippen LogP) is 2.89. The van der Waals surface area contributed by atoms with Crippen LogP contribution < -0.4 is 5.32 Å². The number of nitrogens with one attached hydrogen (secondary N) is 1. The number of carbonyl (C=O) groups excluding carboxylic acids is 1. The van der Waals surface area contributed by atoms with Gasteiger partial charge in [0, 0.05) is 6.54 Å². The summed E-state index contributed by atoms with van der Waals surface area (Å²) in [5.74, 6) is -1.36. The van der Waals surface area contributed by atoms with Crippen molar-refractivity contribution in [2.75, 3.05) is 18.4 Å². The van der Waals surface area contributed by atoms with E-state index in [9.17, 15) is 9.59 Å².